The lowest BCUT2D eigenvalue weighted by atomic mass is 10.1. The van der Waals surface area contributed by atoms with E-state index < -0.39 is 12.1 Å². The maximum atomic E-state index is 11.8. The van der Waals surface area contributed by atoms with Crippen LogP contribution < -0.4 is 16.4 Å². The van der Waals surface area contributed by atoms with E-state index in [1.165, 1.54) is 0 Å². The summed E-state index contributed by atoms with van der Waals surface area (Å²) in [7, 11) is 0. The minimum atomic E-state index is -0.572. The van der Waals surface area contributed by atoms with Gasteiger partial charge in [0, 0.05) is 5.54 Å². The minimum absolute atomic E-state index is 0.201. The van der Waals surface area contributed by atoms with Gasteiger partial charge >= 0.3 is 0 Å². The van der Waals surface area contributed by atoms with Crippen LogP contribution in [-0.2, 0) is 9.59 Å². The third-order valence-corrected chi connectivity index (χ3v) is 2.86. The first kappa shape index (κ1) is 17.2. The van der Waals surface area contributed by atoms with Gasteiger partial charge in [0.15, 0.2) is 0 Å². The van der Waals surface area contributed by atoms with Gasteiger partial charge in [0.1, 0.15) is 6.04 Å². The summed E-state index contributed by atoms with van der Waals surface area (Å²) in [4.78, 5) is 23.5. The zero-order valence-electron chi connectivity index (χ0n) is 11.9. The Bertz CT molecular complexity index is 290. The highest BCUT2D eigenvalue weighted by Crippen LogP contribution is 2.01. The van der Waals surface area contributed by atoms with Crippen LogP contribution in [0.2, 0.25) is 0 Å². The molecule has 106 valence electrons. The molecule has 2 atom stereocenters. The van der Waals surface area contributed by atoms with Gasteiger partial charge in [0.25, 0.3) is 0 Å². The van der Waals surface area contributed by atoms with Gasteiger partial charge in [0.05, 0.1) is 6.04 Å². The van der Waals surface area contributed by atoms with Crippen LogP contribution >= 0.6 is 11.8 Å². The number of amides is 2. The molecule has 2 amide bonds. The second kappa shape index (κ2) is 7.63. The number of thioether (sulfide) groups is 1. The van der Waals surface area contributed by atoms with Crippen molar-refractivity contribution in [3.63, 3.8) is 0 Å². The van der Waals surface area contributed by atoms with E-state index in [1.54, 1.807) is 18.7 Å². The smallest absolute Gasteiger partial charge is 0.242 e. The molecule has 0 bridgehead atoms. The SMILES string of the molecule is CSCC[C@H](N)C(=O)NC(C)C(=O)NC(C)(C)C. The van der Waals surface area contributed by atoms with Crippen molar-refractivity contribution in [2.45, 2.75) is 51.7 Å². The number of carbonyl (C=O) groups excluding carboxylic acids is 2. The highest BCUT2D eigenvalue weighted by Gasteiger charge is 2.22. The molecular formula is C12H25N3O2S. The molecule has 0 saturated heterocycles. The highest BCUT2D eigenvalue weighted by atomic mass is 32.2. The topological polar surface area (TPSA) is 84.2 Å². The molecule has 0 heterocycles. The van der Waals surface area contributed by atoms with Gasteiger partial charge in [-0.05, 0) is 46.1 Å². The van der Waals surface area contributed by atoms with Crippen molar-refractivity contribution < 1.29 is 9.59 Å². The molecule has 0 aromatic heterocycles. The first-order valence-electron chi connectivity index (χ1n) is 6.04. The van der Waals surface area contributed by atoms with Crippen LogP contribution in [0.15, 0.2) is 0 Å². The number of hydrogen-bond donors (Lipinski definition) is 3. The standard InChI is InChI=1S/C12H25N3O2S/c1-8(10(16)15-12(2,3)4)14-11(17)9(13)6-7-18-5/h8-9H,6-7,13H2,1-5H3,(H,14,17)(H,15,16)/t8?,9-/m0/s1. The van der Waals surface area contributed by atoms with E-state index in [0.717, 1.165) is 5.75 Å². The fourth-order valence-corrected chi connectivity index (χ4v) is 1.73. The lowest BCUT2D eigenvalue weighted by Gasteiger charge is -2.24. The molecule has 0 aliphatic rings. The molecule has 6 heteroatoms. The lowest BCUT2D eigenvalue weighted by Crippen LogP contribution is -2.53. The van der Waals surface area contributed by atoms with Crippen molar-refractivity contribution in [3.8, 4) is 0 Å². The summed E-state index contributed by atoms with van der Waals surface area (Å²) >= 11 is 1.64. The number of carbonyl (C=O) groups is 2. The predicted molar refractivity (Wildman–Crippen MR) is 76.5 cm³/mol. The van der Waals surface area contributed by atoms with Gasteiger partial charge < -0.3 is 16.4 Å². The Balaban J connectivity index is 4.18. The third kappa shape index (κ3) is 7.55. The van der Waals surface area contributed by atoms with Crippen LogP contribution in [0.4, 0.5) is 0 Å². The van der Waals surface area contributed by atoms with E-state index >= 15 is 0 Å². The zero-order chi connectivity index (χ0) is 14.3. The zero-order valence-corrected chi connectivity index (χ0v) is 12.7. The molecule has 0 fully saturated rings. The van der Waals surface area contributed by atoms with Crippen molar-refractivity contribution in [3.05, 3.63) is 0 Å². The quantitative estimate of drug-likeness (QED) is 0.658. The summed E-state index contributed by atoms with van der Waals surface area (Å²) in [5, 5.41) is 5.43. The molecule has 0 aromatic rings. The molecule has 1 unspecified atom stereocenters. The second-order valence-corrected chi connectivity index (χ2v) is 6.34. The Labute approximate surface area is 114 Å². The number of nitrogens with two attached hydrogens (primary N) is 1. The predicted octanol–water partition coefficient (Wildman–Crippen LogP) is 0.486. The van der Waals surface area contributed by atoms with Gasteiger partial charge in [-0.15, -0.1) is 0 Å². The summed E-state index contributed by atoms with van der Waals surface area (Å²) in [6.07, 6.45) is 2.57. The van der Waals surface area contributed by atoms with E-state index in [9.17, 15) is 9.59 Å². The van der Waals surface area contributed by atoms with E-state index in [4.69, 9.17) is 5.73 Å². The van der Waals surface area contributed by atoms with Crippen LogP contribution in [0.1, 0.15) is 34.1 Å². The lowest BCUT2D eigenvalue weighted by molar-refractivity contribution is -0.130. The molecule has 0 saturated carbocycles. The Hall–Kier alpha value is -0.750. The van der Waals surface area contributed by atoms with Crippen molar-refractivity contribution in [1.82, 2.24) is 10.6 Å². The maximum Gasteiger partial charge on any atom is 0.242 e. The molecule has 4 N–H and O–H groups in total. The van der Waals surface area contributed by atoms with E-state index in [2.05, 4.69) is 10.6 Å². The Kier molecular flexibility index (Phi) is 7.32. The summed E-state index contributed by atoms with van der Waals surface area (Å²) in [6, 6.07) is -1.13. The van der Waals surface area contributed by atoms with Crippen LogP contribution in [-0.4, -0.2) is 41.4 Å². The van der Waals surface area contributed by atoms with Gasteiger partial charge in [-0.1, -0.05) is 0 Å². The highest BCUT2D eigenvalue weighted by molar-refractivity contribution is 7.98. The van der Waals surface area contributed by atoms with Crippen molar-refractivity contribution in [1.29, 1.82) is 0 Å². The van der Waals surface area contributed by atoms with Crippen LogP contribution in [0, 0.1) is 0 Å². The van der Waals surface area contributed by atoms with Gasteiger partial charge in [0.2, 0.25) is 11.8 Å². The molecule has 0 aliphatic heterocycles. The third-order valence-electron chi connectivity index (χ3n) is 2.22. The Morgan fingerprint density at radius 2 is 1.83 bits per heavy atom. The fraction of sp³-hybridized carbons (Fsp3) is 0.833. The van der Waals surface area contributed by atoms with Crippen LogP contribution in [0.3, 0.4) is 0 Å². The largest absolute Gasteiger partial charge is 0.350 e. The summed E-state index contributed by atoms with van der Waals surface area (Å²) in [6.45, 7) is 7.33. The molecule has 5 nitrogen and oxygen atoms in total. The van der Waals surface area contributed by atoms with Crippen molar-refractivity contribution in [2.24, 2.45) is 5.73 Å². The molecule has 0 aromatic carbocycles. The number of rotatable bonds is 6. The average Bonchev–Trinajstić information content (AvgIpc) is 2.23. The molecule has 0 aliphatic carbocycles. The summed E-state index contributed by atoms with van der Waals surface area (Å²) in [5.41, 5.74) is 5.41. The number of hydrogen-bond acceptors (Lipinski definition) is 4. The Morgan fingerprint density at radius 1 is 1.28 bits per heavy atom. The van der Waals surface area contributed by atoms with Crippen molar-refractivity contribution in [2.75, 3.05) is 12.0 Å². The van der Waals surface area contributed by atoms with Crippen molar-refractivity contribution >= 4 is 23.6 Å². The van der Waals surface area contributed by atoms with Gasteiger partial charge in [-0.25, -0.2) is 0 Å². The van der Waals surface area contributed by atoms with Gasteiger partial charge in [-0.3, -0.25) is 9.59 Å². The summed E-state index contributed by atoms with van der Waals surface area (Å²) in [5.74, 6) is 0.352. The second-order valence-electron chi connectivity index (χ2n) is 5.36. The molecule has 0 spiro atoms. The van der Waals surface area contributed by atoms with E-state index in [-0.39, 0.29) is 17.4 Å². The summed E-state index contributed by atoms with van der Waals surface area (Å²) < 4.78 is 0. The van der Waals surface area contributed by atoms with Crippen LogP contribution in [0.25, 0.3) is 0 Å². The minimum Gasteiger partial charge on any atom is -0.350 e. The monoisotopic (exact) mass is 275 g/mol. The van der Waals surface area contributed by atoms with E-state index in [1.807, 2.05) is 27.0 Å². The fourth-order valence-electron chi connectivity index (χ4n) is 1.24. The van der Waals surface area contributed by atoms with Crippen LogP contribution in [0.5, 0.6) is 0 Å². The number of nitrogens with one attached hydrogen (secondary N) is 2. The Morgan fingerprint density at radius 3 is 2.28 bits per heavy atom. The normalized spacial score (nSPS) is 14.8. The van der Waals surface area contributed by atoms with E-state index in [0.29, 0.717) is 6.42 Å². The first-order valence-corrected chi connectivity index (χ1v) is 7.43. The molecule has 18 heavy (non-hydrogen) atoms. The maximum absolute atomic E-state index is 11.8. The first-order chi connectivity index (χ1) is 8.17. The molecule has 0 rings (SSSR count). The molecular weight excluding hydrogens is 250 g/mol. The average molecular weight is 275 g/mol. The molecule has 0 radical (unpaired) electrons. The van der Waals surface area contributed by atoms with Gasteiger partial charge in [-0.2, -0.15) is 11.8 Å².